The van der Waals surface area contributed by atoms with E-state index in [1.807, 2.05) is 0 Å². The summed E-state index contributed by atoms with van der Waals surface area (Å²) >= 11 is 0. The number of nitro groups is 1. The van der Waals surface area contributed by atoms with Crippen LogP contribution in [0.4, 0.5) is 11.4 Å². The van der Waals surface area contributed by atoms with E-state index >= 15 is 0 Å². The maximum atomic E-state index is 12.6. The molecule has 1 amide bonds. The molecule has 1 atom stereocenters. The predicted molar refractivity (Wildman–Crippen MR) is 78.4 cm³/mol. The maximum absolute atomic E-state index is 12.6. The molecule has 7 heteroatoms. The van der Waals surface area contributed by atoms with Gasteiger partial charge in [0.1, 0.15) is 5.69 Å². The maximum Gasteiger partial charge on any atom is 0.293 e. The number of piperidine rings is 1. The molecule has 0 aromatic heterocycles. The van der Waals surface area contributed by atoms with E-state index in [0.717, 1.165) is 0 Å². The third kappa shape index (κ3) is 3.13. The predicted octanol–water partition coefficient (Wildman–Crippen LogP) is 1.62. The fourth-order valence-corrected chi connectivity index (χ4v) is 2.70. The summed E-state index contributed by atoms with van der Waals surface area (Å²) in [5.41, 5.74) is -0.580. The number of rotatable bonds is 3. The van der Waals surface area contributed by atoms with Crippen LogP contribution in [0.1, 0.15) is 30.1 Å². The normalized spacial score (nSPS) is 22.0. The number of amides is 1. The monoisotopic (exact) mass is 293 g/mol. The first kappa shape index (κ1) is 15.2. The van der Waals surface area contributed by atoms with Gasteiger partial charge in [-0.25, -0.2) is 0 Å². The lowest BCUT2D eigenvalue weighted by atomic mass is 9.94. The van der Waals surface area contributed by atoms with E-state index in [9.17, 15) is 20.0 Å². The molecule has 1 aromatic rings. The number of hydrogen-bond donors (Lipinski definition) is 2. The zero-order valence-electron chi connectivity index (χ0n) is 12.1. The number of anilines is 1. The topological polar surface area (TPSA) is 95.7 Å². The molecule has 114 valence electrons. The molecule has 0 aliphatic carbocycles. The van der Waals surface area contributed by atoms with Crippen molar-refractivity contribution in [3.05, 3.63) is 33.9 Å². The highest BCUT2D eigenvalue weighted by Crippen LogP contribution is 2.30. The highest BCUT2D eigenvalue weighted by molar-refractivity contribution is 6.01. The van der Waals surface area contributed by atoms with Crippen molar-refractivity contribution in [3.8, 4) is 0 Å². The van der Waals surface area contributed by atoms with Crippen LogP contribution in [0, 0.1) is 10.1 Å². The van der Waals surface area contributed by atoms with Crippen LogP contribution in [0.3, 0.4) is 0 Å². The number of carbonyl (C=O) groups excluding carboxylic acids is 1. The van der Waals surface area contributed by atoms with Gasteiger partial charge in [-0.05, 0) is 25.8 Å². The van der Waals surface area contributed by atoms with Gasteiger partial charge in [0.2, 0.25) is 0 Å². The number of nitrogens with zero attached hydrogens (tertiary/aromatic N) is 2. The molecule has 0 spiro atoms. The van der Waals surface area contributed by atoms with Crippen molar-refractivity contribution in [2.24, 2.45) is 0 Å². The lowest BCUT2D eigenvalue weighted by Gasteiger charge is -2.37. The summed E-state index contributed by atoms with van der Waals surface area (Å²) in [6, 6.07) is 4.41. The summed E-state index contributed by atoms with van der Waals surface area (Å²) in [5.74, 6) is -0.303. The molecule has 1 aliphatic heterocycles. The van der Waals surface area contributed by atoms with E-state index < -0.39 is 10.5 Å². The van der Waals surface area contributed by atoms with Gasteiger partial charge in [-0.3, -0.25) is 14.9 Å². The van der Waals surface area contributed by atoms with E-state index in [0.29, 0.717) is 19.4 Å². The molecule has 1 unspecified atom stereocenters. The molecule has 2 rings (SSSR count). The zero-order valence-corrected chi connectivity index (χ0v) is 12.1. The number of hydrogen-bond acceptors (Lipinski definition) is 5. The zero-order chi connectivity index (χ0) is 15.6. The first-order valence-corrected chi connectivity index (χ1v) is 6.82. The summed E-state index contributed by atoms with van der Waals surface area (Å²) < 4.78 is 0. The van der Waals surface area contributed by atoms with Crippen LogP contribution >= 0.6 is 0 Å². The average molecular weight is 293 g/mol. The first-order valence-electron chi connectivity index (χ1n) is 6.82. The van der Waals surface area contributed by atoms with Crippen LogP contribution in [-0.2, 0) is 0 Å². The Morgan fingerprint density at radius 1 is 1.52 bits per heavy atom. The van der Waals surface area contributed by atoms with Crippen molar-refractivity contribution < 1.29 is 14.8 Å². The molecule has 21 heavy (non-hydrogen) atoms. The number of likely N-dealkylation sites (tertiary alicyclic amines) is 1. The minimum atomic E-state index is -0.908. The van der Waals surface area contributed by atoms with E-state index in [2.05, 4.69) is 5.32 Å². The lowest BCUT2D eigenvalue weighted by Crippen LogP contribution is -2.48. The van der Waals surface area contributed by atoms with Crippen LogP contribution in [0.2, 0.25) is 0 Å². The molecule has 7 nitrogen and oxygen atoms in total. The fraction of sp³-hybridized carbons (Fsp3) is 0.500. The van der Waals surface area contributed by atoms with E-state index in [4.69, 9.17) is 0 Å². The number of carbonyl (C=O) groups is 1. The molecule has 1 aromatic carbocycles. The summed E-state index contributed by atoms with van der Waals surface area (Å²) in [6.45, 7) is 2.47. The van der Waals surface area contributed by atoms with Crippen molar-refractivity contribution in [2.45, 2.75) is 25.4 Å². The van der Waals surface area contributed by atoms with Gasteiger partial charge in [-0.15, -0.1) is 0 Å². The van der Waals surface area contributed by atoms with Gasteiger partial charge in [0.25, 0.3) is 11.6 Å². The molecule has 2 N–H and O–H groups in total. The second-order valence-corrected chi connectivity index (χ2v) is 5.53. The van der Waals surface area contributed by atoms with Gasteiger partial charge >= 0.3 is 0 Å². The smallest absolute Gasteiger partial charge is 0.293 e. The minimum absolute atomic E-state index is 0.132. The van der Waals surface area contributed by atoms with Crippen LogP contribution in [-0.4, -0.2) is 46.6 Å². The Kier molecular flexibility index (Phi) is 4.13. The van der Waals surface area contributed by atoms with Gasteiger partial charge in [-0.2, -0.15) is 0 Å². The molecule has 1 fully saturated rings. The summed E-state index contributed by atoms with van der Waals surface area (Å²) in [4.78, 5) is 24.7. The highest BCUT2D eigenvalue weighted by atomic mass is 16.6. The molecular weight excluding hydrogens is 274 g/mol. The number of aliphatic hydroxyl groups is 1. The quantitative estimate of drug-likeness (QED) is 0.652. The third-order valence-corrected chi connectivity index (χ3v) is 3.68. The van der Waals surface area contributed by atoms with Crippen molar-refractivity contribution in [2.75, 3.05) is 25.5 Å². The van der Waals surface area contributed by atoms with E-state index in [1.54, 1.807) is 24.9 Å². The van der Waals surface area contributed by atoms with Crippen molar-refractivity contribution >= 4 is 17.3 Å². The molecular formula is C14H19N3O4. The molecule has 1 saturated heterocycles. The Hall–Kier alpha value is -2.15. The Morgan fingerprint density at radius 3 is 2.81 bits per heavy atom. The van der Waals surface area contributed by atoms with E-state index in [-0.39, 0.29) is 29.4 Å². The Bertz CT molecular complexity index is 571. The van der Waals surface area contributed by atoms with Crippen molar-refractivity contribution in [1.82, 2.24) is 4.90 Å². The van der Waals surface area contributed by atoms with Gasteiger partial charge in [0, 0.05) is 26.2 Å². The molecule has 0 saturated carbocycles. The number of nitrogens with one attached hydrogen (secondary N) is 1. The van der Waals surface area contributed by atoms with Crippen LogP contribution in [0.5, 0.6) is 0 Å². The highest BCUT2D eigenvalue weighted by Gasteiger charge is 2.33. The average Bonchev–Trinajstić information content (AvgIpc) is 2.44. The Morgan fingerprint density at radius 2 is 2.24 bits per heavy atom. The van der Waals surface area contributed by atoms with Gasteiger partial charge < -0.3 is 15.3 Å². The third-order valence-electron chi connectivity index (χ3n) is 3.68. The molecule has 1 aliphatic rings. The van der Waals surface area contributed by atoms with Crippen LogP contribution < -0.4 is 5.32 Å². The Balaban J connectivity index is 2.35. The standard InChI is InChI=1S/C14H19N3O4/c1-14(19)7-4-8-16(9-14)13(18)10-5-3-6-11(17(20)21)12(10)15-2/h3,5-6,15,19H,4,7-9H2,1-2H3. The summed E-state index contributed by atoms with van der Waals surface area (Å²) in [5, 5.41) is 23.9. The summed E-state index contributed by atoms with van der Waals surface area (Å²) in [7, 11) is 1.55. The van der Waals surface area contributed by atoms with Crippen LogP contribution in [0.15, 0.2) is 18.2 Å². The van der Waals surface area contributed by atoms with Gasteiger partial charge in [0.15, 0.2) is 0 Å². The Labute approximate surface area is 122 Å². The fourth-order valence-electron chi connectivity index (χ4n) is 2.70. The molecule has 0 bridgehead atoms. The molecule has 0 radical (unpaired) electrons. The lowest BCUT2D eigenvalue weighted by molar-refractivity contribution is -0.384. The number of nitro benzene ring substituents is 1. The minimum Gasteiger partial charge on any atom is -0.388 e. The number of para-hydroxylation sites is 1. The SMILES string of the molecule is CNc1c(C(=O)N2CCCC(C)(O)C2)cccc1[N+](=O)[O-]. The van der Waals surface area contributed by atoms with Crippen molar-refractivity contribution in [1.29, 1.82) is 0 Å². The number of benzene rings is 1. The summed E-state index contributed by atoms with van der Waals surface area (Å²) in [6.07, 6.45) is 1.35. The second kappa shape index (κ2) is 5.69. The number of β-amino-alcohol motifs (C(OH)–C–C–N with tert-alkyl or cyclic N) is 1. The first-order chi connectivity index (χ1) is 9.85. The van der Waals surface area contributed by atoms with E-state index in [1.165, 1.54) is 12.1 Å². The van der Waals surface area contributed by atoms with Crippen LogP contribution in [0.25, 0.3) is 0 Å². The largest absolute Gasteiger partial charge is 0.388 e. The molecule has 1 heterocycles. The van der Waals surface area contributed by atoms with Gasteiger partial charge in [0.05, 0.1) is 16.1 Å². The second-order valence-electron chi connectivity index (χ2n) is 5.53. The van der Waals surface area contributed by atoms with Gasteiger partial charge in [-0.1, -0.05) is 6.07 Å². The van der Waals surface area contributed by atoms with Crippen molar-refractivity contribution in [3.63, 3.8) is 0 Å².